The smallest absolute Gasteiger partial charge is 0.137 e. The van der Waals surface area contributed by atoms with E-state index in [1.54, 1.807) is 19.5 Å². The Labute approximate surface area is 114 Å². The van der Waals surface area contributed by atoms with Gasteiger partial charge >= 0.3 is 0 Å². The van der Waals surface area contributed by atoms with Gasteiger partial charge in [-0.1, -0.05) is 6.42 Å². The van der Waals surface area contributed by atoms with Crippen molar-refractivity contribution in [3.8, 4) is 5.75 Å². The number of fused-ring (bicyclic) bond motifs is 2. The first kappa shape index (κ1) is 12.9. The molecule has 0 amide bonds. The largest absolute Gasteiger partial charge is 0.495 e. The van der Waals surface area contributed by atoms with E-state index in [0.29, 0.717) is 12.1 Å². The van der Waals surface area contributed by atoms with Crippen LogP contribution in [0.5, 0.6) is 5.75 Å². The predicted molar refractivity (Wildman–Crippen MR) is 73.1 cm³/mol. The van der Waals surface area contributed by atoms with E-state index < -0.39 is 5.60 Å². The second kappa shape index (κ2) is 4.76. The van der Waals surface area contributed by atoms with Crippen molar-refractivity contribution in [2.75, 3.05) is 14.2 Å². The molecule has 2 atom stereocenters. The third-order valence-electron chi connectivity index (χ3n) is 4.86. The molecule has 2 fully saturated rings. The Kier molecular flexibility index (Phi) is 3.23. The zero-order valence-corrected chi connectivity index (χ0v) is 11.7. The van der Waals surface area contributed by atoms with Gasteiger partial charge in [0.05, 0.1) is 18.9 Å². The van der Waals surface area contributed by atoms with Gasteiger partial charge in [0.1, 0.15) is 5.75 Å². The molecule has 0 saturated carbocycles. The minimum atomic E-state index is -0.746. The van der Waals surface area contributed by atoms with Crippen LogP contribution in [0.1, 0.15) is 37.7 Å². The maximum atomic E-state index is 11.1. The van der Waals surface area contributed by atoms with Crippen LogP contribution in [0.25, 0.3) is 0 Å². The number of aliphatic hydroxyl groups is 1. The van der Waals surface area contributed by atoms with Crippen LogP contribution in [0, 0.1) is 0 Å². The molecule has 4 heteroatoms. The van der Waals surface area contributed by atoms with Crippen LogP contribution in [0.3, 0.4) is 0 Å². The number of pyridine rings is 1. The van der Waals surface area contributed by atoms with E-state index in [4.69, 9.17) is 4.74 Å². The molecule has 0 radical (unpaired) electrons. The summed E-state index contributed by atoms with van der Waals surface area (Å²) in [6.45, 7) is 0. The molecule has 2 aliphatic rings. The number of hydrogen-bond donors (Lipinski definition) is 1. The average Bonchev–Trinajstić information content (AvgIpc) is 2.41. The van der Waals surface area contributed by atoms with Gasteiger partial charge in [0.2, 0.25) is 0 Å². The monoisotopic (exact) mass is 262 g/mol. The summed E-state index contributed by atoms with van der Waals surface area (Å²) in [5, 5.41) is 11.1. The molecule has 0 spiro atoms. The highest BCUT2D eigenvalue weighted by Gasteiger charge is 2.45. The van der Waals surface area contributed by atoms with Gasteiger partial charge in [0.25, 0.3) is 0 Å². The lowest BCUT2D eigenvalue weighted by molar-refractivity contribution is -0.0877. The summed E-state index contributed by atoms with van der Waals surface area (Å²) in [6.07, 6.45) is 8.72. The topological polar surface area (TPSA) is 45.6 Å². The Morgan fingerprint density at radius 2 is 2.00 bits per heavy atom. The highest BCUT2D eigenvalue weighted by atomic mass is 16.5. The van der Waals surface area contributed by atoms with Gasteiger partial charge in [-0.3, -0.25) is 4.98 Å². The molecule has 0 aromatic carbocycles. The van der Waals surface area contributed by atoms with Crippen molar-refractivity contribution in [1.82, 2.24) is 9.88 Å². The van der Waals surface area contributed by atoms with Gasteiger partial charge in [0, 0.05) is 23.8 Å². The molecule has 104 valence electrons. The molecular weight excluding hydrogens is 240 g/mol. The van der Waals surface area contributed by atoms with E-state index in [2.05, 4.69) is 16.9 Å². The summed E-state index contributed by atoms with van der Waals surface area (Å²) >= 11 is 0. The molecule has 0 aliphatic carbocycles. The number of methoxy groups -OCH3 is 1. The number of piperidine rings is 2. The van der Waals surface area contributed by atoms with Crippen molar-refractivity contribution >= 4 is 0 Å². The summed E-state index contributed by atoms with van der Waals surface area (Å²) in [6, 6.07) is 2.90. The Morgan fingerprint density at radius 3 is 2.63 bits per heavy atom. The summed E-state index contributed by atoms with van der Waals surface area (Å²) in [5.41, 5.74) is 0.154. The van der Waals surface area contributed by atoms with Crippen LogP contribution in [0.4, 0.5) is 0 Å². The van der Waals surface area contributed by atoms with Crippen molar-refractivity contribution in [2.45, 2.75) is 49.8 Å². The maximum Gasteiger partial charge on any atom is 0.137 e. The summed E-state index contributed by atoms with van der Waals surface area (Å²) in [5.74, 6) is 0.718. The number of nitrogens with zero attached hydrogens (tertiary/aromatic N) is 2. The zero-order chi connectivity index (χ0) is 13.5. The van der Waals surface area contributed by atoms with Gasteiger partial charge in [-0.25, -0.2) is 0 Å². The normalized spacial score (nSPS) is 35.1. The average molecular weight is 262 g/mol. The number of ether oxygens (including phenoxy) is 1. The number of hydrogen-bond acceptors (Lipinski definition) is 4. The van der Waals surface area contributed by atoms with E-state index in [1.807, 2.05) is 6.07 Å². The quantitative estimate of drug-likeness (QED) is 0.884. The number of rotatable bonds is 2. The summed E-state index contributed by atoms with van der Waals surface area (Å²) < 4.78 is 5.22. The first-order valence-corrected chi connectivity index (χ1v) is 7.06. The molecule has 2 bridgehead atoms. The second-order valence-corrected chi connectivity index (χ2v) is 5.96. The molecule has 2 unspecified atom stereocenters. The first-order valence-electron chi connectivity index (χ1n) is 7.06. The van der Waals surface area contributed by atoms with Crippen molar-refractivity contribution in [1.29, 1.82) is 0 Å². The van der Waals surface area contributed by atoms with Crippen LogP contribution in [-0.2, 0) is 5.60 Å². The number of aromatic nitrogens is 1. The van der Waals surface area contributed by atoms with Crippen LogP contribution in [0.2, 0.25) is 0 Å². The van der Waals surface area contributed by atoms with Gasteiger partial charge < -0.3 is 14.7 Å². The maximum absolute atomic E-state index is 11.1. The van der Waals surface area contributed by atoms with Crippen LogP contribution >= 0.6 is 0 Å². The van der Waals surface area contributed by atoms with Crippen molar-refractivity contribution < 1.29 is 9.84 Å². The fourth-order valence-corrected chi connectivity index (χ4v) is 3.67. The predicted octanol–water partition coefficient (Wildman–Crippen LogP) is 1.92. The first-order chi connectivity index (χ1) is 9.12. The highest BCUT2D eigenvalue weighted by Crippen LogP contribution is 2.43. The van der Waals surface area contributed by atoms with E-state index in [0.717, 1.165) is 24.2 Å². The fraction of sp³-hybridized carbons (Fsp3) is 0.667. The molecule has 1 aromatic heterocycles. The molecule has 19 heavy (non-hydrogen) atoms. The van der Waals surface area contributed by atoms with Crippen LogP contribution in [-0.4, -0.2) is 41.2 Å². The lowest BCUT2D eigenvalue weighted by Gasteiger charge is -2.50. The molecule has 4 nitrogen and oxygen atoms in total. The fourth-order valence-electron chi connectivity index (χ4n) is 3.67. The minimum Gasteiger partial charge on any atom is -0.495 e. The summed E-state index contributed by atoms with van der Waals surface area (Å²) in [4.78, 5) is 6.64. The van der Waals surface area contributed by atoms with Crippen LogP contribution < -0.4 is 4.74 Å². The lowest BCUT2D eigenvalue weighted by atomic mass is 9.73. The van der Waals surface area contributed by atoms with Crippen LogP contribution in [0.15, 0.2) is 18.5 Å². The van der Waals surface area contributed by atoms with Crippen molar-refractivity contribution in [3.63, 3.8) is 0 Å². The zero-order valence-electron chi connectivity index (χ0n) is 11.7. The molecule has 2 aliphatic heterocycles. The van der Waals surface area contributed by atoms with Crippen molar-refractivity contribution in [2.24, 2.45) is 0 Å². The van der Waals surface area contributed by atoms with Gasteiger partial charge in [0.15, 0.2) is 0 Å². The van der Waals surface area contributed by atoms with Crippen molar-refractivity contribution in [3.05, 3.63) is 24.0 Å². The molecule has 2 saturated heterocycles. The molecule has 3 heterocycles. The lowest BCUT2D eigenvalue weighted by Crippen LogP contribution is -2.55. The van der Waals surface area contributed by atoms with E-state index in [9.17, 15) is 5.11 Å². The summed E-state index contributed by atoms with van der Waals surface area (Å²) in [7, 11) is 3.83. The second-order valence-electron chi connectivity index (χ2n) is 5.96. The Morgan fingerprint density at radius 1 is 1.32 bits per heavy atom. The Balaban J connectivity index is 1.90. The van der Waals surface area contributed by atoms with E-state index in [-0.39, 0.29) is 0 Å². The highest BCUT2D eigenvalue weighted by molar-refractivity contribution is 5.29. The standard InChI is InChI=1S/C15H22N2O2/c1-17-12-4-3-5-13(17)8-15(18,7-12)11-6-14(19-2)10-16-9-11/h6,9-10,12-13,18H,3-5,7-8H2,1-2H3. The Hall–Kier alpha value is -1.13. The molecule has 3 rings (SSSR count). The van der Waals surface area contributed by atoms with Gasteiger partial charge in [-0.15, -0.1) is 0 Å². The van der Waals surface area contributed by atoms with E-state index in [1.165, 1.54) is 19.3 Å². The Bertz CT molecular complexity index is 449. The van der Waals surface area contributed by atoms with E-state index >= 15 is 0 Å². The molecule has 1 N–H and O–H groups in total. The molecule has 1 aromatic rings. The van der Waals surface area contributed by atoms with Gasteiger partial charge in [-0.2, -0.15) is 0 Å². The van der Waals surface area contributed by atoms with Gasteiger partial charge in [-0.05, 0) is 38.8 Å². The SMILES string of the molecule is COc1cncc(C2(O)CC3CCCC(C2)N3C)c1. The third-order valence-corrected chi connectivity index (χ3v) is 4.86. The molecular formula is C15H22N2O2. The third kappa shape index (κ3) is 2.23. The minimum absolute atomic E-state index is 0.490.